The van der Waals surface area contributed by atoms with Crippen LogP contribution in [0.25, 0.3) is 11.3 Å². The number of nitriles is 1. The summed E-state index contributed by atoms with van der Waals surface area (Å²) in [6.45, 7) is 1.49. The Hall–Kier alpha value is -3.84. The monoisotopic (exact) mass is 418 g/mol. The molecule has 1 aliphatic rings. The standard InChI is InChI=1S/C20H15FN8S/c21-14-8-23-19(24-9-14)27-20-26-17-15-10-25-28-18(15)29(6-5-16(17)30-20)11-13-3-1-12(7-22)2-4-13/h1-4,8-10H,5-6,11H2,(H,25,28)(H,23,24,26,27). The summed E-state index contributed by atoms with van der Waals surface area (Å²) in [4.78, 5) is 15.9. The zero-order valence-corrected chi connectivity index (χ0v) is 16.4. The van der Waals surface area contributed by atoms with Crippen LogP contribution in [0.3, 0.4) is 0 Å². The van der Waals surface area contributed by atoms with Crippen molar-refractivity contribution in [2.24, 2.45) is 0 Å². The number of rotatable bonds is 4. The molecule has 0 amide bonds. The van der Waals surface area contributed by atoms with E-state index in [9.17, 15) is 4.39 Å². The van der Waals surface area contributed by atoms with Crippen LogP contribution >= 0.6 is 11.3 Å². The molecule has 0 aliphatic carbocycles. The van der Waals surface area contributed by atoms with E-state index in [1.807, 2.05) is 24.3 Å². The van der Waals surface area contributed by atoms with Gasteiger partial charge in [-0.2, -0.15) is 10.4 Å². The first-order valence-electron chi connectivity index (χ1n) is 9.21. The van der Waals surface area contributed by atoms with Crippen LogP contribution < -0.4 is 10.2 Å². The van der Waals surface area contributed by atoms with E-state index in [1.54, 1.807) is 6.20 Å². The first-order chi connectivity index (χ1) is 14.7. The fourth-order valence-corrected chi connectivity index (χ4v) is 4.32. The Bertz CT molecular complexity index is 1220. The van der Waals surface area contributed by atoms with Gasteiger partial charge in [0, 0.05) is 24.4 Å². The molecule has 148 valence electrons. The van der Waals surface area contributed by atoms with Crippen LogP contribution in [0, 0.1) is 17.1 Å². The van der Waals surface area contributed by atoms with Crippen LogP contribution in [0.1, 0.15) is 16.0 Å². The first kappa shape index (κ1) is 18.2. The predicted molar refractivity (Wildman–Crippen MR) is 111 cm³/mol. The molecule has 8 nitrogen and oxygen atoms in total. The predicted octanol–water partition coefficient (Wildman–Crippen LogP) is 3.64. The zero-order valence-electron chi connectivity index (χ0n) is 15.6. The summed E-state index contributed by atoms with van der Waals surface area (Å²) in [5.74, 6) is 0.726. The lowest BCUT2D eigenvalue weighted by Gasteiger charge is -2.22. The van der Waals surface area contributed by atoms with Gasteiger partial charge in [-0.15, -0.1) is 11.3 Å². The third kappa shape index (κ3) is 3.46. The second-order valence-corrected chi connectivity index (χ2v) is 7.84. The van der Waals surface area contributed by atoms with Gasteiger partial charge in [0.15, 0.2) is 10.9 Å². The Morgan fingerprint density at radius 1 is 1.20 bits per heavy atom. The third-order valence-corrected chi connectivity index (χ3v) is 5.82. The van der Waals surface area contributed by atoms with Gasteiger partial charge < -0.3 is 10.2 Å². The molecule has 0 unspecified atom stereocenters. The molecule has 0 saturated heterocycles. The highest BCUT2D eigenvalue weighted by atomic mass is 32.1. The molecule has 0 radical (unpaired) electrons. The minimum absolute atomic E-state index is 0.301. The Kier molecular flexibility index (Phi) is 4.57. The third-order valence-electron chi connectivity index (χ3n) is 4.79. The number of benzene rings is 1. The minimum Gasteiger partial charge on any atom is -0.352 e. The first-order valence-corrected chi connectivity index (χ1v) is 10.0. The highest BCUT2D eigenvalue weighted by Crippen LogP contribution is 2.39. The van der Waals surface area contributed by atoms with Gasteiger partial charge in [0.1, 0.15) is 5.82 Å². The SMILES string of the molecule is N#Cc1ccc(CN2CCc3sc(Nc4ncc(F)cn4)nc3-c3cn[nH]c32)cc1. The van der Waals surface area contributed by atoms with E-state index >= 15 is 0 Å². The maximum Gasteiger partial charge on any atom is 0.229 e. The summed E-state index contributed by atoms with van der Waals surface area (Å²) in [6, 6.07) is 9.74. The molecular weight excluding hydrogens is 403 g/mol. The number of aromatic nitrogens is 5. The highest BCUT2D eigenvalue weighted by Gasteiger charge is 2.25. The minimum atomic E-state index is -0.485. The lowest BCUT2D eigenvalue weighted by Crippen LogP contribution is -2.25. The number of nitrogens with one attached hydrogen (secondary N) is 2. The lowest BCUT2D eigenvalue weighted by molar-refractivity contribution is 0.614. The molecule has 30 heavy (non-hydrogen) atoms. The summed E-state index contributed by atoms with van der Waals surface area (Å²) < 4.78 is 13.0. The van der Waals surface area contributed by atoms with Crippen molar-refractivity contribution in [3.05, 3.63) is 64.7 Å². The van der Waals surface area contributed by atoms with Gasteiger partial charge >= 0.3 is 0 Å². The molecule has 1 aromatic carbocycles. The molecule has 0 spiro atoms. The fourth-order valence-electron chi connectivity index (χ4n) is 3.36. The van der Waals surface area contributed by atoms with Crippen molar-refractivity contribution in [1.82, 2.24) is 25.1 Å². The van der Waals surface area contributed by atoms with Crippen LogP contribution in [0.4, 0.5) is 21.3 Å². The van der Waals surface area contributed by atoms with Crippen molar-refractivity contribution in [2.75, 3.05) is 16.8 Å². The molecule has 2 N–H and O–H groups in total. The molecule has 5 rings (SSSR count). The quantitative estimate of drug-likeness (QED) is 0.521. The van der Waals surface area contributed by atoms with E-state index in [2.05, 4.69) is 36.5 Å². The number of anilines is 3. The average Bonchev–Trinajstić information content (AvgIpc) is 3.37. The van der Waals surface area contributed by atoms with Gasteiger partial charge in [-0.3, -0.25) is 5.10 Å². The normalized spacial score (nSPS) is 12.6. The van der Waals surface area contributed by atoms with Crippen molar-refractivity contribution in [1.29, 1.82) is 5.26 Å². The Morgan fingerprint density at radius 2 is 2.00 bits per heavy atom. The highest BCUT2D eigenvalue weighted by molar-refractivity contribution is 7.16. The number of H-pyrrole nitrogens is 1. The number of nitrogens with zero attached hydrogens (tertiary/aromatic N) is 6. The van der Waals surface area contributed by atoms with Gasteiger partial charge in [-0.25, -0.2) is 19.3 Å². The number of hydrogen-bond acceptors (Lipinski definition) is 8. The van der Waals surface area contributed by atoms with E-state index in [0.717, 1.165) is 52.9 Å². The smallest absolute Gasteiger partial charge is 0.229 e. The summed E-state index contributed by atoms with van der Waals surface area (Å²) in [6.07, 6.45) is 4.83. The molecule has 0 atom stereocenters. The van der Waals surface area contributed by atoms with Crippen LogP contribution in [-0.2, 0) is 13.0 Å². The van der Waals surface area contributed by atoms with E-state index in [0.29, 0.717) is 23.2 Å². The van der Waals surface area contributed by atoms with Crippen LogP contribution in [-0.4, -0.2) is 31.7 Å². The Balaban J connectivity index is 1.41. The molecule has 4 heterocycles. The van der Waals surface area contributed by atoms with Gasteiger partial charge in [0.25, 0.3) is 0 Å². The number of hydrogen-bond donors (Lipinski definition) is 2. The van der Waals surface area contributed by atoms with Crippen LogP contribution in [0.15, 0.2) is 42.9 Å². The second kappa shape index (κ2) is 7.53. The Labute approximate surface area is 175 Å². The van der Waals surface area contributed by atoms with E-state index in [4.69, 9.17) is 10.2 Å². The van der Waals surface area contributed by atoms with Crippen LogP contribution in [0.5, 0.6) is 0 Å². The molecule has 0 bridgehead atoms. The maximum absolute atomic E-state index is 13.0. The molecule has 10 heteroatoms. The molecular formula is C20H15FN8S. The van der Waals surface area contributed by atoms with E-state index in [1.165, 1.54) is 11.3 Å². The number of halogens is 1. The lowest BCUT2D eigenvalue weighted by atomic mass is 10.1. The number of thiazole rings is 1. The zero-order chi connectivity index (χ0) is 20.5. The van der Waals surface area contributed by atoms with Crippen molar-refractivity contribution in [2.45, 2.75) is 13.0 Å². The topological polar surface area (TPSA) is 106 Å². The second-order valence-electron chi connectivity index (χ2n) is 6.75. The van der Waals surface area contributed by atoms with Crippen molar-refractivity contribution in [3.63, 3.8) is 0 Å². The molecule has 1 aliphatic heterocycles. The molecule has 4 aromatic rings. The maximum atomic E-state index is 13.0. The number of fused-ring (bicyclic) bond motifs is 3. The van der Waals surface area contributed by atoms with Gasteiger partial charge in [-0.05, 0) is 17.7 Å². The summed E-state index contributed by atoms with van der Waals surface area (Å²) >= 11 is 1.53. The van der Waals surface area contributed by atoms with Gasteiger partial charge in [0.2, 0.25) is 5.95 Å². The molecule has 0 saturated carbocycles. The van der Waals surface area contributed by atoms with Crippen molar-refractivity contribution >= 4 is 28.2 Å². The van der Waals surface area contributed by atoms with E-state index in [-0.39, 0.29) is 0 Å². The summed E-state index contributed by atoms with van der Waals surface area (Å²) in [5, 5.41) is 20.0. The van der Waals surface area contributed by atoms with Crippen molar-refractivity contribution < 1.29 is 4.39 Å². The Morgan fingerprint density at radius 3 is 2.77 bits per heavy atom. The summed E-state index contributed by atoms with van der Waals surface area (Å²) in [5.41, 5.74) is 3.56. The van der Waals surface area contributed by atoms with Gasteiger partial charge in [0.05, 0.1) is 41.5 Å². The van der Waals surface area contributed by atoms with Crippen LogP contribution in [0.2, 0.25) is 0 Å². The molecule has 0 fully saturated rings. The van der Waals surface area contributed by atoms with Crippen molar-refractivity contribution in [3.8, 4) is 17.3 Å². The molecule has 3 aromatic heterocycles. The number of aromatic amines is 1. The average molecular weight is 418 g/mol. The summed E-state index contributed by atoms with van der Waals surface area (Å²) in [7, 11) is 0. The largest absolute Gasteiger partial charge is 0.352 e. The fraction of sp³-hybridized carbons (Fsp3) is 0.150. The van der Waals surface area contributed by atoms with E-state index < -0.39 is 5.82 Å². The van der Waals surface area contributed by atoms with Gasteiger partial charge in [-0.1, -0.05) is 12.1 Å².